The highest BCUT2D eigenvalue weighted by Crippen LogP contribution is 2.47. The second-order valence-electron chi connectivity index (χ2n) is 4.88. The number of esters is 2. The molecule has 23 heavy (non-hydrogen) atoms. The molecule has 0 fully saturated rings. The number of hydrogen-bond donors (Lipinski definition) is 0. The van der Waals surface area contributed by atoms with Crippen LogP contribution in [0.1, 0.15) is 20.3 Å². The Kier molecular flexibility index (Phi) is 6.77. The highest BCUT2D eigenvalue weighted by atomic mass is 79.9. The normalized spacial score (nSPS) is 29.2. The van der Waals surface area contributed by atoms with Crippen molar-refractivity contribution in [3.05, 3.63) is 10.6 Å². The molecule has 0 unspecified atom stereocenters. The smallest absolute Gasteiger partial charge is 0.303 e. The van der Waals surface area contributed by atoms with Crippen molar-refractivity contribution < 1.29 is 28.5 Å². The highest BCUT2D eigenvalue weighted by Gasteiger charge is 2.60. The molecule has 0 bridgehead atoms. The van der Waals surface area contributed by atoms with Crippen LogP contribution in [-0.2, 0) is 28.5 Å². The number of hydrogen-bond acceptors (Lipinski definition) is 7. The molecule has 0 aromatic carbocycles. The first-order chi connectivity index (χ1) is 10.7. The van der Waals surface area contributed by atoms with Gasteiger partial charge in [-0.25, -0.2) is 0 Å². The molecule has 0 saturated carbocycles. The summed E-state index contributed by atoms with van der Waals surface area (Å²) in [5, 5.41) is 9.16. The fraction of sp³-hybridized carbons (Fsp3) is 0.643. The molecule has 128 valence electrons. The van der Waals surface area contributed by atoms with Crippen LogP contribution in [0.25, 0.3) is 0 Å². The number of halogens is 2. The third-order valence-corrected chi connectivity index (χ3v) is 5.27. The van der Waals surface area contributed by atoms with E-state index in [-0.39, 0.29) is 6.42 Å². The van der Waals surface area contributed by atoms with Crippen LogP contribution in [0.4, 0.5) is 0 Å². The lowest BCUT2D eigenvalue weighted by Gasteiger charge is -2.48. The molecule has 0 saturated heterocycles. The highest BCUT2D eigenvalue weighted by molar-refractivity contribution is 9.12. The van der Waals surface area contributed by atoms with Crippen molar-refractivity contribution in [2.24, 2.45) is 0 Å². The minimum absolute atomic E-state index is 0.217. The summed E-state index contributed by atoms with van der Waals surface area (Å²) in [5.41, 5.74) is -1.47. The van der Waals surface area contributed by atoms with E-state index in [0.717, 1.165) is 0 Å². The second-order valence-corrected chi connectivity index (χ2v) is 6.72. The predicted molar refractivity (Wildman–Crippen MR) is 86.8 cm³/mol. The number of methoxy groups -OCH3 is 2. The van der Waals surface area contributed by atoms with Crippen LogP contribution in [0.3, 0.4) is 0 Å². The summed E-state index contributed by atoms with van der Waals surface area (Å²) >= 11 is 6.75. The van der Waals surface area contributed by atoms with Crippen LogP contribution in [-0.4, -0.2) is 48.5 Å². The van der Waals surface area contributed by atoms with Gasteiger partial charge in [-0.1, -0.05) is 15.9 Å². The summed E-state index contributed by atoms with van der Waals surface area (Å²) in [6.07, 6.45) is 0.214. The van der Waals surface area contributed by atoms with E-state index in [9.17, 15) is 9.59 Å². The van der Waals surface area contributed by atoms with Crippen molar-refractivity contribution in [1.29, 1.82) is 5.26 Å². The Bertz CT molecular complexity index is 554. The summed E-state index contributed by atoms with van der Waals surface area (Å²) in [4.78, 5) is 22.3. The fourth-order valence-corrected chi connectivity index (χ4v) is 4.92. The minimum atomic E-state index is -1.47. The van der Waals surface area contributed by atoms with Gasteiger partial charge in [-0.05, 0) is 22.0 Å². The lowest BCUT2D eigenvalue weighted by Crippen LogP contribution is -2.63. The molecule has 0 heterocycles. The van der Waals surface area contributed by atoms with Crippen LogP contribution < -0.4 is 0 Å². The van der Waals surface area contributed by atoms with Crippen LogP contribution in [0.2, 0.25) is 0 Å². The van der Waals surface area contributed by atoms with Gasteiger partial charge in [0, 0.05) is 28.1 Å². The van der Waals surface area contributed by atoms with E-state index in [1.54, 1.807) is 0 Å². The van der Waals surface area contributed by atoms with Gasteiger partial charge in [0.25, 0.3) is 0 Å². The van der Waals surface area contributed by atoms with E-state index >= 15 is 0 Å². The van der Waals surface area contributed by atoms with Crippen molar-refractivity contribution in [2.75, 3.05) is 14.2 Å². The van der Waals surface area contributed by atoms with Crippen molar-refractivity contribution in [1.82, 2.24) is 0 Å². The van der Waals surface area contributed by atoms with Gasteiger partial charge >= 0.3 is 11.9 Å². The van der Waals surface area contributed by atoms with Crippen molar-refractivity contribution in [3.8, 4) is 6.07 Å². The Labute approximate surface area is 151 Å². The van der Waals surface area contributed by atoms with Gasteiger partial charge in [-0.2, -0.15) is 5.26 Å². The number of nitrogens with zero attached hydrogens (tertiary/aromatic N) is 1. The van der Waals surface area contributed by atoms with Crippen LogP contribution >= 0.6 is 31.9 Å². The molecule has 0 radical (unpaired) electrons. The zero-order valence-corrected chi connectivity index (χ0v) is 16.3. The Morgan fingerprint density at radius 1 is 1.30 bits per heavy atom. The number of carbonyl (C=O) groups excluding carboxylic acids is 2. The van der Waals surface area contributed by atoms with Gasteiger partial charge in [0.2, 0.25) is 5.79 Å². The van der Waals surface area contributed by atoms with Gasteiger partial charge < -0.3 is 18.9 Å². The Morgan fingerprint density at radius 2 is 1.87 bits per heavy atom. The van der Waals surface area contributed by atoms with E-state index < -0.39 is 34.3 Å². The molecule has 0 aromatic rings. The number of alkyl halides is 1. The average molecular weight is 455 g/mol. The molecule has 0 aliphatic heterocycles. The maximum absolute atomic E-state index is 11.5. The Hall–Kier alpha value is -0.950. The first-order valence-corrected chi connectivity index (χ1v) is 8.27. The van der Waals surface area contributed by atoms with E-state index in [0.29, 0.717) is 4.48 Å². The molecule has 1 aliphatic rings. The molecule has 0 amide bonds. The summed E-state index contributed by atoms with van der Waals surface area (Å²) in [5.74, 6) is -2.52. The van der Waals surface area contributed by atoms with Gasteiger partial charge in [0.1, 0.15) is 4.83 Å². The van der Waals surface area contributed by atoms with E-state index in [1.807, 2.05) is 6.07 Å². The van der Waals surface area contributed by atoms with Crippen LogP contribution in [0.5, 0.6) is 0 Å². The molecular formula is C14H17Br2NO6. The molecule has 0 N–H and O–H groups in total. The number of ether oxygens (including phenoxy) is 4. The van der Waals surface area contributed by atoms with Crippen LogP contribution in [0, 0.1) is 11.3 Å². The maximum Gasteiger partial charge on any atom is 0.303 e. The topological polar surface area (TPSA) is 94.9 Å². The summed E-state index contributed by atoms with van der Waals surface area (Å²) in [6, 6.07) is 1.95. The molecule has 3 atom stereocenters. The third kappa shape index (κ3) is 3.76. The third-order valence-electron chi connectivity index (χ3n) is 3.40. The lowest BCUT2D eigenvalue weighted by molar-refractivity contribution is -0.218. The van der Waals surface area contributed by atoms with Crippen LogP contribution in [0.15, 0.2) is 10.6 Å². The quantitative estimate of drug-likeness (QED) is 0.357. The molecular weight excluding hydrogens is 438 g/mol. The molecule has 7 nitrogen and oxygen atoms in total. The van der Waals surface area contributed by atoms with E-state index in [4.69, 9.17) is 24.2 Å². The van der Waals surface area contributed by atoms with E-state index in [2.05, 4.69) is 31.9 Å². The van der Waals surface area contributed by atoms with Gasteiger partial charge in [-0.15, -0.1) is 0 Å². The van der Waals surface area contributed by atoms with Crippen molar-refractivity contribution in [2.45, 2.75) is 42.6 Å². The lowest BCUT2D eigenvalue weighted by atomic mass is 9.82. The summed E-state index contributed by atoms with van der Waals surface area (Å²) < 4.78 is 22.0. The first-order valence-electron chi connectivity index (χ1n) is 6.56. The molecule has 0 spiro atoms. The average Bonchev–Trinajstić information content (AvgIpc) is 2.44. The Balaban J connectivity index is 3.56. The maximum atomic E-state index is 11.5. The SMILES string of the molecule is COC1(OC)C(Br)=C[C@](CC#N)(OC(C)=O)[C@@H](OC(C)=O)[C@@H]1Br. The Morgan fingerprint density at radius 3 is 2.26 bits per heavy atom. The zero-order valence-electron chi connectivity index (χ0n) is 13.1. The largest absolute Gasteiger partial charge is 0.456 e. The number of nitriles is 1. The van der Waals surface area contributed by atoms with Crippen molar-refractivity contribution in [3.63, 3.8) is 0 Å². The van der Waals surface area contributed by atoms with Gasteiger partial charge in [-0.3, -0.25) is 9.59 Å². The van der Waals surface area contributed by atoms with Crippen molar-refractivity contribution >= 4 is 43.8 Å². The molecule has 1 aliphatic carbocycles. The second kappa shape index (κ2) is 7.75. The number of rotatable bonds is 5. The molecule has 1 rings (SSSR count). The summed E-state index contributed by atoms with van der Waals surface area (Å²) in [7, 11) is 2.83. The standard InChI is InChI=1S/C14H17Br2NO6/c1-8(18)22-12-11(16)14(20-3,21-4)10(15)7-13(12,5-6-17)23-9(2)19/h7,11-12H,5H2,1-4H3/t11-,12-,13-/m0/s1. The molecule has 9 heteroatoms. The monoisotopic (exact) mass is 453 g/mol. The minimum Gasteiger partial charge on any atom is -0.456 e. The van der Waals surface area contributed by atoms with Gasteiger partial charge in [0.15, 0.2) is 11.7 Å². The zero-order chi connectivity index (χ0) is 17.8. The fourth-order valence-electron chi connectivity index (χ4n) is 2.48. The summed E-state index contributed by atoms with van der Waals surface area (Å²) in [6.45, 7) is 2.43. The molecule has 0 aromatic heterocycles. The number of carbonyl (C=O) groups is 2. The first kappa shape index (κ1) is 20.1. The van der Waals surface area contributed by atoms with E-state index in [1.165, 1.54) is 34.1 Å². The van der Waals surface area contributed by atoms with Gasteiger partial charge in [0.05, 0.1) is 17.0 Å². The predicted octanol–water partition coefficient (Wildman–Crippen LogP) is 2.18.